The third-order valence-corrected chi connectivity index (χ3v) is 4.91. The van der Waals surface area contributed by atoms with Crippen LogP contribution in [0.15, 0.2) is 22.7 Å². The van der Waals surface area contributed by atoms with Crippen molar-refractivity contribution in [2.45, 2.75) is 25.4 Å². The maximum Gasteiger partial charge on any atom is 0.511 e. The third-order valence-electron chi connectivity index (χ3n) is 2.93. The molecular formula is C12H15BrF3NO4S. The Hall–Kier alpha value is -0.870. The second kappa shape index (κ2) is 7.14. The minimum atomic E-state index is -5.50. The van der Waals surface area contributed by atoms with Crippen LogP contribution < -0.4 is 4.72 Å². The number of hydrogen-bond donors (Lipinski definition) is 1. The standard InChI is InChI=1S/C12H15BrF3NO4S/c1-7(2)10(17-22(19,20)12(14,15)16)6-21-11(18)8-4-3-5-9(8)13/h3-5,7-8,10,17H,6H2,1-2H3/t8?,10-/m1/s1. The largest absolute Gasteiger partial charge is 0.511 e. The number of allylic oxidation sites excluding steroid dienone is 2. The van der Waals surface area contributed by atoms with E-state index in [9.17, 15) is 26.4 Å². The first-order chi connectivity index (χ1) is 9.95. The number of alkyl halides is 3. The number of halogens is 4. The van der Waals surface area contributed by atoms with E-state index in [1.54, 1.807) is 18.2 Å². The molecule has 0 aliphatic heterocycles. The van der Waals surface area contributed by atoms with Crippen LogP contribution in [0.3, 0.4) is 0 Å². The SMILES string of the molecule is CC(C)[C@@H](COC(=O)C1C=CC=C1Br)NS(=O)(=O)C(F)(F)F. The number of carbonyl (C=O) groups is 1. The maximum atomic E-state index is 12.4. The lowest BCUT2D eigenvalue weighted by Gasteiger charge is -2.23. The van der Waals surface area contributed by atoms with Crippen LogP contribution in [0.2, 0.25) is 0 Å². The monoisotopic (exact) mass is 405 g/mol. The van der Waals surface area contributed by atoms with Gasteiger partial charge in [0.1, 0.15) is 12.5 Å². The lowest BCUT2D eigenvalue weighted by molar-refractivity contribution is -0.146. The fraction of sp³-hybridized carbons (Fsp3) is 0.583. The Morgan fingerprint density at radius 2 is 2.05 bits per heavy atom. The molecule has 0 saturated carbocycles. The Labute approximate surface area is 134 Å². The predicted molar refractivity (Wildman–Crippen MR) is 77.3 cm³/mol. The van der Waals surface area contributed by atoms with Crippen molar-refractivity contribution in [3.05, 3.63) is 22.7 Å². The van der Waals surface area contributed by atoms with E-state index in [-0.39, 0.29) is 0 Å². The molecule has 0 aromatic carbocycles. The number of sulfonamides is 1. The van der Waals surface area contributed by atoms with Crippen molar-refractivity contribution in [1.82, 2.24) is 4.72 Å². The second-order valence-electron chi connectivity index (χ2n) is 4.96. The van der Waals surface area contributed by atoms with Crippen LogP contribution in [0.25, 0.3) is 0 Å². The van der Waals surface area contributed by atoms with Crippen LogP contribution in [-0.2, 0) is 19.6 Å². The average Bonchev–Trinajstić information content (AvgIpc) is 2.78. The molecule has 0 amide bonds. The number of ether oxygens (including phenoxy) is 1. The average molecular weight is 406 g/mol. The molecule has 2 atom stereocenters. The zero-order valence-electron chi connectivity index (χ0n) is 11.7. The molecule has 1 unspecified atom stereocenters. The smallest absolute Gasteiger partial charge is 0.463 e. The number of nitrogens with one attached hydrogen (secondary N) is 1. The summed E-state index contributed by atoms with van der Waals surface area (Å²) in [6.45, 7) is 2.54. The number of esters is 1. The molecule has 0 saturated heterocycles. The van der Waals surface area contributed by atoms with Crippen molar-refractivity contribution in [1.29, 1.82) is 0 Å². The Balaban J connectivity index is 2.69. The topological polar surface area (TPSA) is 72.5 Å². The van der Waals surface area contributed by atoms with Crippen molar-refractivity contribution in [2.24, 2.45) is 11.8 Å². The summed E-state index contributed by atoms with van der Waals surface area (Å²) in [6.07, 6.45) is 4.82. The van der Waals surface area contributed by atoms with Crippen molar-refractivity contribution in [2.75, 3.05) is 6.61 Å². The Kier molecular flexibility index (Phi) is 6.22. The van der Waals surface area contributed by atoms with E-state index in [0.717, 1.165) is 0 Å². The van der Waals surface area contributed by atoms with Gasteiger partial charge >= 0.3 is 21.5 Å². The first-order valence-corrected chi connectivity index (χ1v) is 8.52. The van der Waals surface area contributed by atoms with Crippen LogP contribution in [0.5, 0.6) is 0 Å². The van der Waals surface area contributed by atoms with Crippen LogP contribution in [0, 0.1) is 11.8 Å². The molecule has 10 heteroatoms. The summed E-state index contributed by atoms with van der Waals surface area (Å²) in [7, 11) is -5.50. The molecule has 0 radical (unpaired) electrons. The van der Waals surface area contributed by atoms with Crippen molar-refractivity contribution < 1.29 is 31.1 Å². The van der Waals surface area contributed by atoms with Crippen LogP contribution >= 0.6 is 15.9 Å². The van der Waals surface area contributed by atoms with Gasteiger partial charge in [0.25, 0.3) is 0 Å². The van der Waals surface area contributed by atoms with Gasteiger partial charge in [-0.05, 0) is 5.92 Å². The molecule has 0 aromatic heterocycles. The van der Waals surface area contributed by atoms with Crippen molar-refractivity contribution >= 4 is 31.9 Å². The lowest BCUT2D eigenvalue weighted by atomic mass is 10.1. The summed E-state index contributed by atoms with van der Waals surface area (Å²) >= 11 is 3.15. The molecule has 22 heavy (non-hydrogen) atoms. The molecule has 0 aromatic rings. The second-order valence-corrected chi connectivity index (χ2v) is 7.58. The van der Waals surface area contributed by atoms with Gasteiger partial charge in [0.05, 0.1) is 6.04 Å². The summed E-state index contributed by atoms with van der Waals surface area (Å²) in [5.74, 6) is -1.83. The highest BCUT2D eigenvalue weighted by Gasteiger charge is 2.47. The quantitative estimate of drug-likeness (QED) is 0.688. The summed E-state index contributed by atoms with van der Waals surface area (Å²) in [5, 5.41) is 0. The van der Waals surface area contributed by atoms with E-state index in [1.807, 2.05) is 0 Å². The number of hydrogen-bond acceptors (Lipinski definition) is 4. The summed E-state index contributed by atoms with van der Waals surface area (Å²) in [5.41, 5.74) is -5.41. The zero-order chi connectivity index (χ0) is 17.1. The van der Waals surface area contributed by atoms with Crippen molar-refractivity contribution in [3.63, 3.8) is 0 Å². The van der Waals surface area contributed by atoms with Gasteiger partial charge in [-0.15, -0.1) is 0 Å². The van der Waals surface area contributed by atoms with Gasteiger partial charge in [0.2, 0.25) is 0 Å². The molecule has 0 spiro atoms. The van der Waals surface area contributed by atoms with E-state index >= 15 is 0 Å². The molecule has 0 fully saturated rings. The number of rotatable bonds is 6. The third kappa shape index (κ3) is 4.82. The molecule has 1 aliphatic rings. The van der Waals surface area contributed by atoms with Gasteiger partial charge in [-0.1, -0.05) is 48.0 Å². The van der Waals surface area contributed by atoms with Gasteiger partial charge < -0.3 is 4.74 Å². The summed E-state index contributed by atoms with van der Waals surface area (Å²) in [4.78, 5) is 11.8. The van der Waals surface area contributed by atoms with Crippen LogP contribution in [-0.4, -0.2) is 32.5 Å². The molecule has 0 heterocycles. The molecule has 0 bridgehead atoms. The minimum Gasteiger partial charge on any atom is -0.463 e. The van der Waals surface area contributed by atoms with E-state index in [0.29, 0.717) is 4.48 Å². The van der Waals surface area contributed by atoms with Crippen molar-refractivity contribution in [3.8, 4) is 0 Å². The van der Waals surface area contributed by atoms with E-state index in [4.69, 9.17) is 4.74 Å². The fourth-order valence-electron chi connectivity index (χ4n) is 1.54. The molecule has 5 nitrogen and oxygen atoms in total. The maximum absolute atomic E-state index is 12.4. The first-order valence-electron chi connectivity index (χ1n) is 6.25. The zero-order valence-corrected chi connectivity index (χ0v) is 14.1. The number of carbonyl (C=O) groups excluding carboxylic acids is 1. The Morgan fingerprint density at radius 1 is 1.45 bits per heavy atom. The molecular weight excluding hydrogens is 391 g/mol. The Morgan fingerprint density at radius 3 is 2.45 bits per heavy atom. The molecule has 1 N–H and O–H groups in total. The van der Waals surface area contributed by atoms with Gasteiger partial charge in [0.15, 0.2) is 0 Å². The van der Waals surface area contributed by atoms with Crippen LogP contribution in [0.4, 0.5) is 13.2 Å². The van der Waals surface area contributed by atoms with Gasteiger partial charge in [-0.2, -0.15) is 13.2 Å². The molecule has 1 rings (SSSR count). The van der Waals surface area contributed by atoms with Gasteiger partial charge in [-0.3, -0.25) is 4.79 Å². The predicted octanol–water partition coefficient (Wildman–Crippen LogP) is 2.46. The van der Waals surface area contributed by atoms with Crippen LogP contribution in [0.1, 0.15) is 13.8 Å². The highest BCUT2D eigenvalue weighted by Crippen LogP contribution is 2.26. The summed E-state index contributed by atoms with van der Waals surface area (Å²) in [6, 6.07) is -1.18. The lowest BCUT2D eigenvalue weighted by Crippen LogP contribution is -2.47. The first kappa shape index (κ1) is 19.2. The van der Waals surface area contributed by atoms with E-state index < -0.39 is 46.0 Å². The highest BCUT2D eigenvalue weighted by molar-refractivity contribution is 9.11. The van der Waals surface area contributed by atoms with Gasteiger partial charge in [-0.25, -0.2) is 13.1 Å². The van der Waals surface area contributed by atoms with E-state index in [1.165, 1.54) is 18.6 Å². The van der Waals surface area contributed by atoms with E-state index in [2.05, 4.69) is 15.9 Å². The molecule has 126 valence electrons. The fourth-order valence-corrected chi connectivity index (χ4v) is 2.90. The Bertz CT molecular complexity index is 584. The summed E-state index contributed by atoms with van der Waals surface area (Å²) < 4.78 is 66.3. The van der Waals surface area contributed by atoms with Gasteiger partial charge in [0, 0.05) is 4.48 Å². The molecule has 1 aliphatic carbocycles. The minimum absolute atomic E-state index is 0.490. The highest BCUT2D eigenvalue weighted by atomic mass is 79.9. The normalized spacial score (nSPS) is 20.1.